The number of hydrogen-bond acceptors (Lipinski definition) is 2. The van der Waals surface area contributed by atoms with Crippen LogP contribution in [-0.2, 0) is 7.05 Å². The first kappa shape index (κ1) is 21.0. The number of aromatic nitrogens is 3. The predicted molar refractivity (Wildman–Crippen MR) is 110 cm³/mol. The van der Waals surface area contributed by atoms with Crippen molar-refractivity contribution in [2.75, 3.05) is 0 Å². The molecule has 2 heterocycles. The highest BCUT2D eigenvalue weighted by molar-refractivity contribution is 5.63. The van der Waals surface area contributed by atoms with Crippen molar-refractivity contribution in [2.45, 2.75) is 13.8 Å². The summed E-state index contributed by atoms with van der Waals surface area (Å²) in [4.78, 5) is 3.88. The summed E-state index contributed by atoms with van der Waals surface area (Å²) in [5.74, 6) is -0.413. The number of aryl methyl sites for hydroxylation is 1. The first-order valence-corrected chi connectivity index (χ1v) is 9.03. The lowest BCUT2D eigenvalue weighted by molar-refractivity contribution is 0.631. The van der Waals surface area contributed by atoms with E-state index in [1.54, 1.807) is 65.9 Å². The van der Waals surface area contributed by atoms with E-state index < -0.39 is 0 Å². The van der Waals surface area contributed by atoms with Crippen molar-refractivity contribution in [2.24, 2.45) is 7.05 Å². The molecule has 0 bridgehead atoms. The quantitative estimate of drug-likeness (QED) is 0.419. The molecule has 3 nitrogen and oxygen atoms in total. The molecule has 0 saturated heterocycles. The molecule has 0 atom stereocenters. The van der Waals surface area contributed by atoms with E-state index in [0.29, 0.717) is 11.1 Å². The van der Waals surface area contributed by atoms with Crippen LogP contribution in [0.3, 0.4) is 0 Å². The van der Waals surface area contributed by atoms with Crippen LogP contribution in [0, 0.1) is 11.6 Å². The molecule has 4 rings (SSSR count). The maximum absolute atomic E-state index is 13.3. The van der Waals surface area contributed by atoms with E-state index in [4.69, 9.17) is 0 Å². The number of pyridine rings is 1. The molecule has 0 spiro atoms. The van der Waals surface area contributed by atoms with Gasteiger partial charge in [-0.15, -0.1) is 0 Å². The zero-order valence-electron chi connectivity index (χ0n) is 16.2. The van der Waals surface area contributed by atoms with Gasteiger partial charge in [-0.25, -0.2) is 8.78 Å². The highest BCUT2D eigenvalue weighted by Crippen LogP contribution is 2.21. The molecule has 0 radical (unpaired) electrons. The summed E-state index contributed by atoms with van der Waals surface area (Å²) in [6.45, 7) is 4.00. The molecule has 0 amide bonds. The van der Waals surface area contributed by atoms with Crippen LogP contribution < -0.4 is 0 Å². The fourth-order valence-corrected chi connectivity index (χ4v) is 2.48. The van der Waals surface area contributed by atoms with Crippen molar-refractivity contribution >= 4 is 0 Å². The van der Waals surface area contributed by atoms with E-state index in [0.717, 1.165) is 11.1 Å². The third kappa shape index (κ3) is 5.58. The fourth-order valence-electron chi connectivity index (χ4n) is 2.48. The Morgan fingerprint density at radius 1 is 0.714 bits per heavy atom. The van der Waals surface area contributed by atoms with Gasteiger partial charge in [-0.05, 0) is 29.8 Å². The number of benzene rings is 2. The van der Waals surface area contributed by atoms with E-state index in [-0.39, 0.29) is 11.6 Å². The highest BCUT2D eigenvalue weighted by atomic mass is 19.1. The molecular formula is C23H23F2N3. The molecule has 0 fully saturated rings. The number of hydrogen-bond donors (Lipinski definition) is 0. The molecule has 2 aromatic heterocycles. The second kappa shape index (κ2) is 10.7. The van der Waals surface area contributed by atoms with Gasteiger partial charge in [0.25, 0.3) is 0 Å². The molecule has 144 valence electrons. The summed E-state index contributed by atoms with van der Waals surface area (Å²) < 4.78 is 28.2. The van der Waals surface area contributed by atoms with Crippen LogP contribution in [-0.4, -0.2) is 14.8 Å². The van der Waals surface area contributed by atoms with Crippen LogP contribution in [0.15, 0.2) is 85.5 Å². The lowest BCUT2D eigenvalue weighted by Crippen LogP contribution is -1.84. The van der Waals surface area contributed by atoms with Gasteiger partial charge in [-0.2, -0.15) is 5.10 Å². The zero-order chi connectivity index (χ0) is 20.4. The van der Waals surface area contributed by atoms with E-state index in [1.165, 1.54) is 12.1 Å². The van der Waals surface area contributed by atoms with Crippen LogP contribution in [0.5, 0.6) is 0 Å². The Kier molecular flexibility index (Phi) is 8.03. The largest absolute Gasteiger partial charge is 0.275 e. The van der Waals surface area contributed by atoms with Gasteiger partial charge in [0.15, 0.2) is 0 Å². The third-order valence-corrected chi connectivity index (χ3v) is 3.75. The Balaban J connectivity index is 0.000000184. The van der Waals surface area contributed by atoms with Crippen LogP contribution in [0.4, 0.5) is 8.78 Å². The van der Waals surface area contributed by atoms with Crippen LogP contribution >= 0.6 is 0 Å². The van der Waals surface area contributed by atoms with Gasteiger partial charge in [-0.3, -0.25) is 9.67 Å². The fraction of sp³-hybridized carbons (Fsp3) is 0.130. The minimum atomic E-state index is -0.212. The molecule has 4 aromatic rings. The molecule has 5 heteroatoms. The first-order chi connectivity index (χ1) is 13.6. The molecule has 0 N–H and O–H groups in total. The van der Waals surface area contributed by atoms with Crippen molar-refractivity contribution in [3.63, 3.8) is 0 Å². The van der Waals surface area contributed by atoms with Gasteiger partial charge in [-0.1, -0.05) is 50.2 Å². The Bertz CT molecular complexity index is 982. The van der Waals surface area contributed by atoms with Gasteiger partial charge in [0.1, 0.15) is 11.6 Å². The second-order valence-corrected chi connectivity index (χ2v) is 5.60. The van der Waals surface area contributed by atoms with Crippen molar-refractivity contribution in [3.05, 3.63) is 97.1 Å². The standard InChI is InChI=1S/C11H8FN.C10H9FN2.C2H6/c12-11-4-2-1-3-10(11)9-5-7-13-8-6-9;1-13-7-8(6-12-13)9-4-2-3-5-10(9)11;1-2/h1-8H;2-7H,1H3;1-2H3. The summed E-state index contributed by atoms with van der Waals surface area (Å²) >= 11 is 0. The van der Waals surface area contributed by atoms with Crippen LogP contribution in [0.2, 0.25) is 0 Å². The molecular weight excluding hydrogens is 356 g/mol. The molecule has 0 aliphatic heterocycles. The maximum atomic E-state index is 13.3. The molecule has 0 saturated carbocycles. The topological polar surface area (TPSA) is 30.7 Å². The Hall–Kier alpha value is -3.34. The Labute approximate surface area is 164 Å². The predicted octanol–water partition coefficient (Wildman–Crippen LogP) is 6.14. The van der Waals surface area contributed by atoms with Gasteiger partial charge in [0, 0.05) is 42.3 Å². The summed E-state index contributed by atoms with van der Waals surface area (Å²) in [6.07, 6.45) is 6.75. The van der Waals surface area contributed by atoms with Crippen molar-refractivity contribution in [1.29, 1.82) is 0 Å². The van der Waals surface area contributed by atoms with Crippen molar-refractivity contribution in [1.82, 2.24) is 14.8 Å². The average molecular weight is 379 g/mol. The summed E-state index contributed by atoms with van der Waals surface area (Å²) in [7, 11) is 1.81. The van der Waals surface area contributed by atoms with E-state index in [1.807, 2.05) is 33.0 Å². The van der Waals surface area contributed by atoms with Gasteiger partial charge in [0.2, 0.25) is 0 Å². The van der Waals surface area contributed by atoms with Gasteiger partial charge >= 0.3 is 0 Å². The highest BCUT2D eigenvalue weighted by Gasteiger charge is 2.04. The SMILES string of the molecule is CC.Cn1cc(-c2ccccc2F)cn1.Fc1ccccc1-c1ccncc1. The number of rotatable bonds is 2. The average Bonchev–Trinajstić information content (AvgIpc) is 3.17. The normalized spacial score (nSPS) is 9.61. The molecule has 2 aromatic carbocycles. The Morgan fingerprint density at radius 3 is 1.68 bits per heavy atom. The van der Waals surface area contributed by atoms with Crippen molar-refractivity contribution in [3.8, 4) is 22.3 Å². The number of nitrogens with zero attached hydrogens (tertiary/aromatic N) is 3. The molecule has 0 aliphatic rings. The molecule has 0 aliphatic carbocycles. The van der Waals surface area contributed by atoms with Gasteiger partial charge in [0.05, 0.1) is 6.20 Å². The van der Waals surface area contributed by atoms with E-state index in [9.17, 15) is 8.78 Å². The van der Waals surface area contributed by atoms with Crippen LogP contribution in [0.25, 0.3) is 22.3 Å². The van der Waals surface area contributed by atoms with Gasteiger partial charge < -0.3 is 0 Å². The summed E-state index contributed by atoms with van der Waals surface area (Å²) in [6, 6.07) is 17.0. The maximum Gasteiger partial charge on any atom is 0.131 e. The van der Waals surface area contributed by atoms with Crippen molar-refractivity contribution < 1.29 is 8.78 Å². The van der Waals surface area contributed by atoms with E-state index >= 15 is 0 Å². The lowest BCUT2D eigenvalue weighted by atomic mass is 10.1. The summed E-state index contributed by atoms with van der Waals surface area (Å²) in [5, 5.41) is 3.98. The minimum Gasteiger partial charge on any atom is -0.275 e. The minimum absolute atomic E-state index is 0.200. The smallest absolute Gasteiger partial charge is 0.131 e. The Morgan fingerprint density at radius 2 is 1.21 bits per heavy atom. The number of halogens is 2. The zero-order valence-corrected chi connectivity index (χ0v) is 16.2. The lowest BCUT2D eigenvalue weighted by Gasteiger charge is -2.00. The third-order valence-electron chi connectivity index (χ3n) is 3.75. The van der Waals surface area contributed by atoms with E-state index in [2.05, 4.69) is 10.1 Å². The first-order valence-electron chi connectivity index (χ1n) is 9.03. The molecule has 28 heavy (non-hydrogen) atoms. The summed E-state index contributed by atoms with van der Waals surface area (Å²) in [5.41, 5.74) is 2.87. The monoisotopic (exact) mass is 379 g/mol. The molecule has 0 unspecified atom stereocenters. The second-order valence-electron chi connectivity index (χ2n) is 5.60. The van der Waals surface area contributed by atoms with Crippen LogP contribution in [0.1, 0.15) is 13.8 Å².